The summed E-state index contributed by atoms with van der Waals surface area (Å²) in [6.45, 7) is 10.7. The summed E-state index contributed by atoms with van der Waals surface area (Å²) in [4.78, 5) is 0. The van der Waals surface area contributed by atoms with Crippen LogP contribution in [0.25, 0.3) is 43.6 Å². The van der Waals surface area contributed by atoms with Gasteiger partial charge in [0, 0.05) is 17.0 Å². The van der Waals surface area contributed by atoms with Crippen molar-refractivity contribution in [3.05, 3.63) is 77.5 Å². The van der Waals surface area contributed by atoms with Crippen LogP contribution in [-0.4, -0.2) is 0 Å². The second-order valence-electron chi connectivity index (χ2n) is 11.2. The Morgan fingerprint density at radius 3 is 2.44 bits per heavy atom. The molecule has 36 heavy (non-hydrogen) atoms. The van der Waals surface area contributed by atoms with E-state index in [1.807, 2.05) is 13.8 Å². The third kappa shape index (κ3) is 3.21. The Bertz CT molecular complexity index is 1770. The first-order chi connectivity index (χ1) is 17.2. The Hall–Kier alpha value is -3.90. The Labute approximate surface area is 212 Å². The minimum Gasteiger partial charge on any atom is -0.455 e. The van der Waals surface area contributed by atoms with Crippen molar-refractivity contribution in [3.8, 4) is 28.8 Å². The van der Waals surface area contributed by atoms with E-state index in [0.717, 1.165) is 28.7 Å². The Morgan fingerprint density at radius 1 is 0.972 bits per heavy atom. The van der Waals surface area contributed by atoms with Crippen molar-refractivity contribution in [2.45, 2.75) is 47.0 Å². The van der Waals surface area contributed by atoms with Gasteiger partial charge in [0.05, 0.1) is 22.4 Å². The van der Waals surface area contributed by atoms with Crippen LogP contribution in [0.1, 0.15) is 50.3 Å². The molecule has 3 nitrogen and oxygen atoms in total. The molecule has 6 rings (SSSR count). The molecule has 0 N–H and O–H groups in total. The number of aromatic nitrogens is 1. The molecule has 1 aromatic heterocycles. The zero-order valence-electron chi connectivity index (χ0n) is 21.9. The molecule has 0 amide bonds. The molecule has 0 fully saturated rings. The fourth-order valence-corrected chi connectivity index (χ4v) is 6.02. The van der Waals surface area contributed by atoms with Gasteiger partial charge < -0.3 is 4.74 Å². The molecule has 0 saturated carbocycles. The number of ether oxygens (including phenoxy) is 1. The summed E-state index contributed by atoms with van der Waals surface area (Å²) < 4.78 is 9.11. The standard InChI is InChI=1S/C33H31N2O/c1-19(2)28-24-10-8-7-9-23(24)20(3)29-31-30-25(13-14-35(31)6)26-15-21(17-33(4,5)18-34)11-12-22(26)16-27(30)36-32(28)29/h7-16,19H,17H2,1-6H3/q+1. The lowest BCUT2D eigenvalue weighted by Crippen LogP contribution is -2.32. The lowest BCUT2D eigenvalue weighted by atomic mass is 9.84. The zero-order chi connectivity index (χ0) is 25.4. The SMILES string of the molecule is Cc1c2c(c(C(C)C)c3ccccc13)Oc1cc3ccc(CC(C)(C)C#N)cc3c3cc[n+](C)c-2c13. The van der Waals surface area contributed by atoms with E-state index in [4.69, 9.17) is 4.74 Å². The fourth-order valence-electron chi connectivity index (χ4n) is 6.02. The van der Waals surface area contributed by atoms with Gasteiger partial charge in [-0.05, 0) is 71.8 Å². The summed E-state index contributed by atoms with van der Waals surface area (Å²) in [6.07, 6.45) is 2.89. The average molecular weight is 472 g/mol. The normalized spacial score (nSPS) is 12.7. The van der Waals surface area contributed by atoms with E-state index in [1.165, 1.54) is 49.5 Å². The van der Waals surface area contributed by atoms with Crippen molar-refractivity contribution < 1.29 is 9.30 Å². The van der Waals surface area contributed by atoms with Gasteiger partial charge in [-0.2, -0.15) is 5.26 Å². The van der Waals surface area contributed by atoms with Crippen LogP contribution in [0, 0.1) is 23.7 Å². The molecule has 1 aliphatic rings. The summed E-state index contributed by atoms with van der Waals surface area (Å²) in [5.41, 5.74) is 5.70. The summed E-state index contributed by atoms with van der Waals surface area (Å²) in [5.74, 6) is 2.23. The maximum absolute atomic E-state index is 9.57. The van der Waals surface area contributed by atoms with Gasteiger partial charge >= 0.3 is 0 Å². The largest absolute Gasteiger partial charge is 0.455 e. The lowest BCUT2D eigenvalue weighted by Gasteiger charge is -2.27. The van der Waals surface area contributed by atoms with Crippen LogP contribution in [0.4, 0.5) is 0 Å². The van der Waals surface area contributed by atoms with Gasteiger partial charge in [0.2, 0.25) is 5.69 Å². The van der Waals surface area contributed by atoms with E-state index in [-0.39, 0.29) is 0 Å². The molecule has 0 atom stereocenters. The van der Waals surface area contributed by atoms with E-state index in [2.05, 4.69) is 99.2 Å². The highest BCUT2D eigenvalue weighted by Gasteiger charge is 2.34. The highest BCUT2D eigenvalue weighted by atomic mass is 16.5. The van der Waals surface area contributed by atoms with Crippen molar-refractivity contribution >= 4 is 32.3 Å². The molecule has 3 heteroatoms. The van der Waals surface area contributed by atoms with Crippen LogP contribution in [0.15, 0.2) is 60.8 Å². The molecule has 0 bridgehead atoms. The van der Waals surface area contributed by atoms with Crippen LogP contribution in [0.2, 0.25) is 0 Å². The highest BCUT2D eigenvalue weighted by molar-refractivity contribution is 6.16. The Kier molecular flexibility index (Phi) is 4.89. The number of pyridine rings is 1. The summed E-state index contributed by atoms with van der Waals surface area (Å²) >= 11 is 0. The maximum atomic E-state index is 9.57. The van der Waals surface area contributed by atoms with Crippen LogP contribution in [0.5, 0.6) is 11.5 Å². The number of aryl methyl sites for hydroxylation is 2. The van der Waals surface area contributed by atoms with Gasteiger partial charge in [0.15, 0.2) is 6.20 Å². The monoisotopic (exact) mass is 471 g/mol. The molecule has 0 radical (unpaired) electrons. The zero-order valence-corrected chi connectivity index (χ0v) is 21.9. The fraction of sp³-hybridized carbons (Fsp3) is 0.273. The van der Waals surface area contributed by atoms with E-state index in [9.17, 15) is 5.26 Å². The van der Waals surface area contributed by atoms with Crippen molar-refractivity contribution in [1.82, 2.24) is 0 Å². The molecular weight excluding hydrogens is 440 g/mol. The van der Waals surface area contributed by atoms with Crippen LogP contribution >= 0.6 is 0 Å². The number of hydrogen-bond donors (Lipinski definition) is 0. The average Bonchev–Trinajstić information content (AvgIpc) is 2.85. The molecule has 5 aromatic rings. The number of nitriles is 1. The molecule has 178 valence electrons. The second-order valence-corrected chi connectivity index (χ2v) is 11.2. The topological polar surface area (TPSA) is 36.9 Å². The molecule has 0 saturated heterocycles. The third-order valence-corrected chi connectivity index (χ3v) is 7.71. The van der Waals surface area contributed by atoms with Gasteiger partial charge in [-0.15, -0.1) is 0 Å². The predicted molar refractivity (Wildman–Crippen MR) is 148 cm³/mol. The Morgan fingerprint density at radius 2 is 1.72 bits per heavy atom. The quantitative estimate of drug-likeness (QED) is 0.192. The van der Waals surface area contributed by atoms with Crippen LogP contribution in [0.3, 0.4) is 0 Å². The first-order valence-electron chi connectivity index (χ1n) is 12.7. The van der Waals surface area contributed by atoms with Gasteiger partial charge in [-0.1, -0.05) is 56.3 Å². The van der Waals surface area contributed by atoms with E-state index in [1.54, 1.807) is 0 Å². The molecule has 0 unspecified atom stereocenters. The number of hydrogen-bond acceptors (Lipinski definition) is 2. The smallest absolute Gasteiger partial charge is 0.228 e. The molecule has 0 spiro atoms. The molecule has 0 aliphatic carbocycles. The lowest BCUT2D eigenvalue weighted by molar-refractivity contribution is -0.659. The molecule has 4 aromatic carbocycles. The van der Waals surface area contributed by atoms with Crippen molar-refractivity contribution in [2.75, 3.05) is 0 Å². The van der Waals surface area contributed by atoms with Crippen molar-refractivity contribution in [2.24, 2.45) is 12.5 Å². The van der Waals surface area contributed by atoms with E-state index >= 15 is 0 Å². The molecular formula is C33H31N2O+. The number of benzene rings is 4. The summed E-state index contributed by atoms with van der Waals surface area (Å²) in [6, 6.07) is 22.1. The first-order valence-corrected chi connectivity index (χ1v) is 12.7. The summed E-state index contributed by atoms with van der Waals surface area (Å²) in [5, 5.41) is 16.8. The molecule has 1 aliphatic heterocycles. The van der Waals surface area contributed by atoms with Crippen LogP contribution < -0.4 is 9.30 Å². The van der Waals surface area contributed by atoms with Gasteiger partial charge in [-0.3, -0.25) is 0 Å². The highest BCUT2D eigenvalue weighted by Crippen LogP contribution is 2.53. The first kappa shape index (κ1) is 22.6. The minimum atomic E-state index is -0.403. The van der Waals surface area contributed by atoms with E-state index < -0.39 is 5.41 Å². The predicted octanol–water partition coefficient (Wildman–Crippen LogP) is 8.27. The van der Waals surface area contributed by atoms with Gasteiger partial charge in [0.25, 0.3) is 0 Å². The second kappa shape index (κ2) is 7.80. The number of nitrogens with zero attached hydrogens (tertiary/aromatic N) is 2. The summed E-state index contributed by atoms with van der Waals surface area (Å²) in [7, 11) is 2.13. The third-order valence-electron chi connectivity index (χ3n) is 7.71. The van der Waals surface area contributed by atoms with E-state index in [0.29, 0.717) is 5.92 Å². The van der Waals surface area contributed by atoms with Crippen molar-refractivity contribution in [1.29, 1.82) is 5.26 Å². The van der Waals surface area contributed by atoms with Gasteiger partial charge in [-0.25, -0.2) is 4.57 Å². The number of fused-ring (bicyclic) bond motifs is 5. The Balaban J connectivity index is 1.73. The van der Waals surface area contributed by atoms with Crippen molar-refractivity contribution in [3.63, 3.8) is 0 Å². The number of rotatable bonds is 3. The maximum Gasteiger partial charge on any atom is 0.228 e. The minimum absolute atomic E-state index is 0.321. The molecule has 2 heterocycles. The van der Waals surface area contributed by atoms with Crippen LogP contribution in [-0.2, 0) is 13.5 Å². The van der Waals surface area contributed by atoms with Gasteiger partial charge in [0.1, 0.15) is 18.5 Å².